The molecule has 124 valence electrons. The van der Waals surface area contributed by atoms with Gasteiger partial charge in [0.05, 0.1) is 12.1 Å². The second kappa shape index (κ2) is 5.90. The average Bonchev–Trinajstić information content (AvgIpc) is 3.17. The van der Waals surface area contributed by atoms with Crippen molar-refractivity contribution >= 4 is 23.2 Å². The van der Waals surface area contributed by atoms with E-state index in [9.17, 15) is 9.59 Å². The molecule has 2 N–H and O–H groups in total. The molecule has 0 aliphatic carbocycles. The Bertz CT molecular complexity index is 976. The highest BCUT2D eigenvalue weighted by Gasteiger charge is 2.19. The van der Waals surface area contributed by atoms with Crippen LogP contribution in [0.1, 0.15) is 21.7 Å². The SMILES string of the molecule is Cc1cc(C(=O)Nc2ccc3c(c2)CC(=O)N3)nn1-c1ccccc1. The molecule has 1 aliphatic heterocycles. The van der Waals surface area contributed by atoms with Gasteiger partial charge in [0.1, 0.15) is 0 Å². The van der Waals surface area contributed by atoms with Crippen LogP contribution in [0.2, 0.25) is 0 Å². The quantitative estimate of drug-likeness (QED) is 0.774. The summed E-state index contributed by atoms with van der Waals surface area (Å²) in [5.41, 5.74) is 4.45. The molecule has 0 bridgehead atoms. The molecule has 6 nitrogen and oxygen atoms in total. The van der Waals surface area contributed by atoms with E-state index in [2.05, 4.69) is 15.7 Å². The fourth-order valence-corrected chi connectivity index (χ4v) is 2.92. The molecule has 0 radical (unpaired) electrons. The van der Waals surface area contributed by atoms with Gasteiger partial charge in [-0.3, -0.25) is 9.59 Å². The van der Waals surface area contributed by atoms with Gasteiger partial charge in [0.15, 0.2) is 5.69 Å². The van der Waals surface area contributed by atoms with Gasteiger partial charge in [0.25, 0.3) is 5.91 Å². The van der Waals surface area contributed by atoms with Crippen LogP contribution in [0.4, 0.5) is 11.4 Å². The number of fused-ring (bicyclic) bond motifs is 1. The van der Waals surface area contributed by atoms with Crippen molar-refractivity contribution in [1.29, 1.82) is 0 Å². The van der Waals surface area contributed by atoms with Crippen molar-refractivity contribution in [3.63, 3.8) is 0 Å². The van der Waals surface area contributed by atoms with E-state index in [0.717, 1.165) is 22.6 Å². The molecule has 25 heavy (non-hydrogen) atoms. The number of carbonyl (C=O) groups is 2. The molecule has 0 unspecified atom stereocenters. The van der Waals surface area contributed by atoms with Crippen molar-refractivity contribution in [3.05, 3.63) is 71.5 Å². The molecule has 0 spiro atoms. The van der Waals surface area contributed by atoms with Crippen LogP contribution in [0.15, 0.2) is 54.6 Å². The molecular weight excluding hydrogens is 316 g/mol. The van der Waals surface area contributed by atoms with Gasteiger partial charge in [0, 0.05) is 17.1 Å². The van der Waals surface area contributed by atoms with Crippen LogP contribution >= 0.6 is 0 Å². The van der Waals surface area contributed by atoms with Crippen molar-refractivity contribution < 1.29 is 9.59 Å². The molecule has 1 aromatic heterocycles. The number of hydrogen-bond acceptors (Lipinski definition) is 3. The molecule has 2 amide bonds. The predicted octanol–water partition coefficient (Wildman–Crippen LogP) is 2.93. The molecule has 2 heterocycles. The van der Waals surface area contributed by atoms with Gasteiger partial charge in [-0.2, -0.15) is 5.10 Å². The number of anilines is 2. The summed E-state index contributed by atoms with van der Waals surface area (Å²) in [6.45, 7) is 1.91. The third-order valence-corrected chi connectivity index (χ3v) is 4.11. The first-order valence-electron chi connectivity index (χ1n) is 7.96. The second-order valence-electron chi connectivity index (χ2n) is 5.97. The minimum absolute atomic E-state index is 0.0318. The number of benzene rings is 2. The topological polar surface area (TPSA) is 76.0 Å². The fourth-order valence-electron chi connectivity index (χ4n) is 2.92. The third kappa shape index (κ3) is 2.89. The Balaban J connectivity index is 1.56. The van der Waals surface area contributed by atoms with E-state index in [1.54, 1.807) is 22.9 Å². The zero-order valence-corrected chi connectivity index (χ0v) is 13.6. The number of hydrogen-bond donors (Lipinski definition) is 2. The molecule has 0 saturated heterocycles. The van der Waals surface area contributed by atoms with E-state index in [1.165, 1.54) is 0 Å². The molecule has 6 heteroatoms. The minimum Gasteiger partial charge on any atom is -0.326 e. The van der Waals surface area contributed by atoms with Crippen molar-refractivity contribution in [2.24, 2.45) is 0 Å². The number of para-hydroxylation sites is 1. The van der Waals surface area contributed by atoms with E-state index in [4.69, 9.17) is 0 Å². The summed E-state index contributed by atoms with van der Waals surface area (Å²) in [6.07, 6.45) is 0.334. The van der Waals surface area contributed by atoms with E-state index in [-0.39, 0.29) is 11.8 Å². The van der Waals surface area contributed by atoms with Gasteiger partial charge in [0.2, 0.25) is 5.91 Å². The third-order valence-electron chi connectivity index (χ3n) is 4.11. The van der Waals surface area contributed by atoms with Crippen molar-refractivity contribution in [3.8, 4) is 5.69 Å². The van der Waals surface area contributed by atoms with E-state index in [1.807, 2.05) is 43.3 Å². The molecule has 1 aliphatic rings. The van der Waals surface area contributed by atoms with Crippen molar-refractivity contribution in [2.45, 2.75) is 13.3 Å². The van der Waals surface area contributed by atoms with E-state index < -0.39 is 0 Å². The lowest BCUT2D eigenvalue weighted by molar-refractivity contribution is -0.115. The van der Waals surface area contributed by atoms with Crippen molar-refractivity contribution in [2.75, 3.05) is 10.6 Å². The smallest absolute Gasteiger partial charge is 0.276 e. The number of nitrogens with one attached hydrogen (secondary N) is 2. The Hall–Kier alpha value is -3.41. The van der Waals surface area contributed by atoms with Crippen LogP contribution in [-0.4, -0.2) is 21.6 Å². The Labute approximate surface area is 144 Å². The molecule has 0 saturated carbocycles. The standard InChI is InChI=1S/C19H16N4O2/c1-12-9-17(22-23(12)15-5-3-2-4-6-15)19(25)20-14-7-8-16-13(10-14)11-18(24)21-16/h2-10H,11H2,1H3,(H,20,25)(H,21,24). The highest BCUT2D eigenvalue weighted by molar-refractivity contribution is 6.04. The summed E-state index contributed by atoms with van der Waals surface area (Å²) in [6, 6.07) is 16.8. The summed E-state index contributed by atoms with van der Waals surface area (Å²) >= 11 is 0. The molecule has 3 aromatic rings. The minimum atomic E-state index is -0.282. The zero-order chi connectivity index (χ0) is 17.4. The first-order chi connectivity index (χ1) is 12.1. The van der Waals surface area contributed by atoms with Crippen LogP contribution in [0, 0.1) is 6.92 Å². The van der Waals surface area contributed by atoms with Crippen molar-refractivity contribution in [1.82, 2.24) is 9.78 Å². The summed E-state index contributed by atoms with van der Waals surface area (Å²) in [5.74, 6) is -0.314. The highest BCUT2D eigenvalue weighted by atomic mass is 16.2. The van der Waals surface area contributed by atoms with E-state index in [0.29, 0.717) is 17.8 Å². The zero-order valence-electron chi connectivity index (χ0n) is 13.6. The summed E-state index contributed by atoms with van der Waals surface area (Å²) in [5, 5.41) is 10.0. The molecular formula is C19H16N4O2. The Morgan fingerprint density at radius 1 is 1.16 bits per heavy atom. The predicted molar refractivity (Wildman–Crippen MR) is 95.0 cm³/mol. The molecule has 4 rings (SSSR count). The van der Waals surface area contributed by atoms with Crippen LogP contribution < -0.4 is 10.6 Å². The number of nitrogens with zero attached hydrogens (tertiary/aromatic N) is 2. The molecule has 2 aromatic carbocycles. The van der Waals surface area contributed by atoms with Crippen LogP contribution in [0.25, 0.3) is 5.69 Å². The van der Waals surface area contributed by atoms with Crippen LogP contribution in [-0.2, 0) is 11.2 Å². The summed E-state index contributed by atoms with van der Waals surface area (Å²) in [4.78, 5) is 23.9. The van der Waals surface area contributed by atoms with Gasteiger partial charge in [-0.05, 0) is 48.9 Å². The largest absolute Gasteiger partial charge is 0.326 e. The monoisotopic (exact) mass is 332 g/mol. The Kier molecular flexibility index (Phi) is 3.57. The average molecular weight is 332 g/mol. The molecule has 0 fully saturated rings. The van der Waals surface area contributed by atoms with Gasteiger partial charge >= 0.3 is 0 Å². The maximum Gasteiger partial charge on any atom is 0.276 e. The van der Waals surface area contributed by atoms with Crippen LogP contribution in [0.3, 0.4) is 0 Å². The number of rotatable bonds is 3. The van der Waals surface area contributed by atoms with Gasteiger partial charge in [-0.25, -0.2) is 4.68 Å². The Morgan fingerprint density at radius 2 is 1.96 bits per heavy atom. The second-order valence-corrected chi connectivity index (χ2v) is 5.97. The first-order valence-corrected chi connectivity index (χ1v) is 7.96. The Morgan fingerprint density at radius 3 is 2.76 bits per heavy atom. The first kappa shape index (κ1) is 15.1. The number of carbonyl (C=O) groups excluding carboxylic acids is 2. The summed E-state index contributed by atoms with van der Waals surface area (Å²) < 4.78 is 1.74. The summed E-state index contributed by atoms with van der Waals surface area (Å²) in [7, 11) is 0. The normalized spacial score (nSPS) is 12.6. The number of aryl methyl sites for hydroxylation is 1. The number of aromatic nitrogens is 2. The van der Waals surface area contributed by atoms with E-state index >= 15 is 0 Å². The number of amides is 2. The van der Waals surface area contributed by atoms with Gasteiger partial charge in [-0.1, -0.05) is 18.2 Å². The maximum absolute atomic E-state index is 12.5. The lowest BCUT2D eigenvalue weighted by Crippen LogP contribution is -2.13. The molecule has 0 atom stereocenters. The van der Waals surface area contributed by atoms with Gasteiger partial charge < -0.3 is 10.6 Å². The lowest BCUT2D eigenvalue weighted by Gasteiger charge is -2.06. The van der Waals surface area contributed by atoms with Gasteiger partial charge in [-0.15, -0.1) is 0 Å². The van der Waals surface area contributed by atoms with Crippen LogP contribution in [0.5, 0.6) is 0 Å². The fraction of sp³-hybridized carbons (Fsp3) is 0.105. The lowest BCUT2D eigenvalue weighted by atomic mass is 10.1. The highest BCUT2D eigenvalue weighted by Crippen LogP contribution is 2.26. The maximum atomic E-state index is 12.5.